The Kier molecular flexibility index (Phi) is 21.4. The van der Waals surface area contributed by atoms with E-state index >= 15 is 0 Å². The largest absolute Gasteiger partial charge is 2.00 e. The van der Waals surface area contributed by atoms with Gasteiger partial charge in [-0.05, 0) is 0 Å². The molecule has 12 heavy (non-hydrogen) atoms. The summed E-state index contributed by atoms with van der Waals surface area (Å²) in [6, 6.07) is 0. The number of rotatable bonds is 2. The van der Waals surface area contributed by atoms with Gasteiger partial charge in [0.15, 0.2) is 0 Å². The van der Waals surface area contributed by atoms with E-state index in [-0.39, 0.29) is 124 Å². The second kappa shape index (κ2) is 10.3. The van der Waals surface area contributed by atoms with Gasteiger partial charge in [0.2, 0.25) is 0 Å². The summed E-state index contributed by atoms with van der Waals surface area (Å²) in [5.41, 5.74) is 0. The van der Waals surface area contributed by atoms with Gasteiger partial charge in [-0.15, -0.1) is 0 Å². The summed E-state index contributed by atoms with van der Waals surface area (Å²) in [6.45, 7) is 0. The van der Waals surface area contributed by atoms with Gasteiger partial charge in [-0.25, -0.2) is 9.13 Å². The van der Waals surface area contributed by atoms with E-state index in [9.17, 15) is 9.13 Å². The van der Waals surface area contributed by atoms with E-state index in [1.54, 1.807) is 0 Å². The van der Waals surface area contributed by atoms with Crippen LogP contribution >= 0.6 is 15.6 Å². The standard InChI is InChI=1S/Eu.Mg.H4O7P2.Sr.4H/c;;1-8(2,3)7-9(4,5)6;;;;;/h;;(H2,1,2,3)(H2,4,5,6);;;;;/q;+2;;+2;4*-1. The Hall–Kier alpha value is 4.09. The Morgan fingerprint density at radius 3 is 1.17 bits per heavy atom. The van der Waals surface area contributed by atoms with Crippen LogP contribution in [0.15, 0.2) is 0 Å². The molecule has 0 aliphatic carbocycles. The van der Waals surface area contributed by atoms with Gasteiger partial charge in [0.05, 0.1) is 0 Å². The fraction of sp³-hybridized carbons (Fsp3) is 0. The monoisotopic (exact) mass is 447 g/mol. The van der Waals surface area contributed by atoms with Crippen molar-refractivity contribution in [1.82, 2.24) is 0 Å². The van der Waals surface area contributed by atoms with Crippen molar-refractivity contribution in [1.29, 1.82) is 0 Å². The van der Waals surface area contributed by atoms with Gasteiger partial charge >= 0.3 is 84.2 Å². The van der Waals surface area contributed by atoms with Gasteiger partial charge in [-0.1, -0.05) is 0 Å². The molecule has 71 valence electrons. The number of phosphoric acid groups is 2. The van der Waals surface area contributed by atoms with Crippen LogP contribution in [0.1, 0.15) is 5.71 Å². The molecule has 0 aromatic carbocycles. The molecular formula is H8EuMgO7P2Sr. The first-order valence-corrected chi connectivity index (χ1v) is 4.59. The maximum atomic E-state index is 9.63. The third kappa shape index (κ3) is 23.7. The molecule has 0 unspecified atom stereocenters. The zero-order valence-electron chi connectivity index (χ0n) is 9.70. The molecular weight excluding hydrogens is 438 g/mol. The second-order valence-electron chi connectivity index (χ2n) is 1.06. The summed E-state index contributed by atoms with van der Waals surface area (Å²) in [4.78, 5) is 31.0. The van der Waals surface area contributed by atoms with Crippen LogP contribution in [-0.4, -0.2) is 88.1 Å². The van der Waals surface area contributed by atoms with E-state index in [4.69, 9.17) is 19.6 Å². The Balaban J connectivity index is -0.0000000152. The summed E-state index contributed by atoms with van der Waals surface area (Å²) >= 11 is 0. The van der Waals surface area contributed by atoms with E-state index in [1.807, 2.05) is 0 Å². The van der Waals surface area contributed by atoms with Gasteiger partial charge in [-0.3, -0.25) is 0 Å². The molecule has 0 bridgehead atoms. The molecule has 0 atom stereocenters. The molecule has 0 aliphatic rings. The predicted octanol–water partition coefficient (Wildman–Crippen LogP) is -1.12. The maximum absolute atomic E-state index is 9.63. The molecule has 0 aliphatic heterocycles. The minimum atomic E-state index is -5.05. The van der Waals surface area contributed by atoms with Crippen LogP contribution in [0.4, 0.5) is 0 Å². The minimum Gasteiger partial charge on any atom is -1.00 e. The Morgan fingerprint density at radius 2 is 1.17 bits per heavy atom. The molecule has 12 heteroatoms. The average Bonchev–Trinajstić information content (AvgIpc) is 1.14. The van der Waals surface area contributed by atoms with Gasteiger partial charge in [0.25, 0.3) is 0 Å². The minimum absolute atomic E-state index is 0. The first-order valence-electron chi connectivity index (χ1n) is 1.53. The van der Waals surface area contributed by atoms with Crippen molar-refractivity contribution in [3.05, 3.63) is 0 Å². The van der Waals surface area contributed by atoms with Gasteiger partial charge in [0.1, 0.15) is 0 Å². The van der Waals surface area contributed by atoms with E-state index in [2.05, 4.69) is 4.31 Å². The quantitative estimate of drug-likeness (QED) is 0.313. The molecule has 0 rings (SSSR count). The molecule has 4 N–H and O–H groups in total. The van der Waals surface area contributed by atoms with Crippen molar-refractivity contribution in [2.45, 2.75) is 0 Å². The van der Waals surface area contributed by atoms with Crippen molar-refractivity contribution in [3.8, 4) is 0 Å². The summed E-state index contributed by atoms with van der Waals surface area (Å²) < 4.78 is 22.2. The van der Waals surface area contributed by atoms with Crippen molar-refractivity contribution in [2.24, 2.45) is 0 Å². The van der Waals surface area contributed by atoms with Gasteiger partial charge in [-0.2, -0.15) is 4.31 Å². The smallest absolute Gasteiger partial charge is 1.00 e. The fourth-order valence-electron chi connectivity index (χ4n) is 0.139. The van der Waals surface area contributed by atoms with Crippen LogP contribution < -0.4 is 0 Å². The van der Waals surface area contributed by atoms with Crippen molar-refractivity contribution in [3.63, 3.8) is 0 Å². The van der Waals surface area contributed by atoms with Crippen LogP contribution in [0.5, 0.6) is 0 Å². The summed E-state index contributed by atoms with van der Waals surface area (Å²) in [7, 11) is -10.1. The third-order valence-electron chi connectivity index (χ3n) is 0.213. The molecule has 0 saturated heterocycles. The Labute approximate surface area is 168 Å². The summed E-state index contributed by atoms with van der Waals surface area (Å²) in [5, 5.41) is 0. The molecule has 0 spiro atoms. The van der Waals surface area contributed by atoms with Crippen LogP contribution in [0, 0.1) is 49.4 Å². The molecule has 0 aromatic rings. The number of hydrogen-bond acceptors (Lipinski definition) is 3. The molecule has 0 saturated carbocycles. The molecule has 0 aromatic heterocycles. The first-order chi connectivity index (χ1) is 3.71. The van der Waals surface area contributed by atoms with E-state index in [0.717, 1.165) is 0 Å². The van der Waals surface area contributed by atoms with E-state index in [0.29, 0.717) is 0 Å². The van der Waals surface area contributed by atoms with E-state index in [1.165, 1.54) is 0 Å². The van der Waals surface area contributed by atoms with Crippen LogP contribution in [0.25, 0.3) is 0 Å². The van der Waals surface area contributed by atoms with Crippen molar-refractivity contribution in [2.75, 3.05) is 0 Å². The topological polar surface area (TPSA) is 124 Å². The Bertz CT molecular complexity index is 175. The van der Waals surface area contributed by atoms with Gasteiger partial charge in [0, 0.05) is 49.4 Å². The van der Waals surface area contributed by atoms with Crippen LogP contribution in [0.2, 0.25) is 0 Å². The van der Waals surface area contributed by atoms with Gasteiger partial charge < -0.3 is 25.3 Å². The molecule has 7 nitrogen and oxygen atoms in total. The van der Waals surface area contributed by atoms with E-state index < -0.39 is 15.6 Å². The predicted molar refractivity (Wildman–Crippen MR) is 41.1 cm³/mol. The fourth-order valence-corrected chi connectivity index (χ4v) is 1.25. The molecule has 1 radical (unpaired) electrons. The average molecular weight is 446 g/mol. The molecule has 0 fully saturated rings. The first kappa shape index (κ1) is 25.1. The SMILES string of the molecule is O=P(O)(O)OP(=O)(O)O.[Eu].[H-].[H-].[H-].[H-].[Mg+2].[Sr+2]. The second-order valence-corrected chi connectivity index (χ2v) is 3.68. The molecule has 0 heterocycles. The maximum Gasteiger partial charge on any atom is 2.00 e. The summed E-state index contributed by atoms with van der Waals surface area (Å²) in [6.07, 6.45) is 0. The van der Waals surface area contributed by atoms with Crippen molar-refractivity contribution >= 4 is 84.2 Å². The van der Waals surface area contributed by atoms with Crippen molar-refractivity contribution < 1.29 is 88.1 Å². The van der Waals surface area contributed by atoms with Crippen LogP contribution in [-0.2, 0) is 13.4 Å². The molecule has 0 amide bonds. The number of hydrogen-bond donors (Lipinski definition) is 4. The van der Waals surface area contributed by atoms with Crippen LogP contribution in [0.3, 0.4) is 0 Å². The zero-order valence-corrected chi connectivity index (χ0v) is 14.8. The Morgan fingerprint density at radius 1 is 1.00 bits per heavy atom. The third-order valence-corrected chi connectivity index (χ3v) is 1.91. The zero-order chi connectivity index (χ0) is 7.71. The normalized spacial score (nSPS) is 10.3. The summed E-state index contributed by atoms with van der Waals surface area (Å²) in [5.74, 6) is 0.